The highest BCUT2D eigenvalue weighted by Gasteiger charge is 2.30. The number of carbonyl (C=O) groups is 1. The largest absolute Gasteiger partial charge is 0.496 e. The van der Waals surface area contributed by atoms with Gasteiger partial charge in [0.1, 0.15) is 17.4 Å². The highest BCUT2D eigenvalue weighted by atomic mass is 35.5. The van der Waals surface area contributed by atoms with Gasteiger partial charge in [0, 0.05) is 36.7 Å². The summed E-state index contributed by atoms with van der Waals surface area (Å²) < 4.78 is 37.9. The van der Waals surface area contributed by atoms with Crippen LogP contribution in [0.4, 0.5) is 14.6 Å². The number of nitrogens with one attached hydrogen (secondary N) is 1. The minimum atomic E-state index is -2.64. The molecule has 1 aromatic carbocycles. The summed E-state index contributed by atoms with van der Waals surface area (Å²) in [5.74, 6) is 1.49. The first kappa shape index (κ1) is 26.7. The van der Waals surface area contributed by atoms with E-state index in [4.69, 9.17) is 21.1 Å². The van der Waals surface area contributed by atoms with Crippen LogP contribution in [-0.4, -0.2) is 36.1 Å². The summed E-state index contributed by atoms with van der Waals surface area (Å²) >= 11 is 6.24. The van der Waals surface area contributed by atoms with Crippen molar-refractivity contribution >= 4 is 23.2 Å². The Hall–Kier alpha value is -2.32. The van der Waals surface area contributed by atoms with Crippen molar-refractivity contribution in [3.05, 3.63) is 45.9 Å². The van der Waals surface area contributed by atoms with Crippen LogP contribution in [0.15, 0.2) is 18.2 Å². The van der Waals surface area contributed by atoms with E-state index in [1.807, 2.05) is 6.92 Å². The van der Waals surface area contributed by atoms with Crippen LogP contribution in [-0.2, 0) is 22.4 Å². The van der Waals surface area contributed by atoms with Gasteiger partial charge in [-0.15, -0.1) is 0 Å². The molecule has 0 saturated carbocycles. The van der Waals surface area contributed by atoms with E-state index in [2.05, 4.69) is 15.3 Å². The van der Waals surface area contributed by atoms with Gasteiger partial charge in [-0.25, -0.2) is 18.7 Å². The average Bonchev–Trinajstić information content (AvgIpc) is 3.24. The van der Waals surface area contributed by atoms with Gasteiger partial charge in [-0.05, 0) is 69.0 Å². The highest BCUT2D eigenvalue weighted by Crippen LogP contribution is 2.38. The smallest absolute Gasteiger partial charge is 0.267 e. The van der Waals surface area contributed by atoms with Gasteiger partial charge in [0.2, 0.25) is 5.28 Å². The van der Waals surface area contributed by atoms with Gasteiger partial charge in [-0.3, -0.25) is 4.79 Å². The maximum atomic E-state index is 13.5. The van der Waals surface area contributed by atoms with Gasteiger partial charge < -0.3 is 14.8 Å². The molecular weight excluding hydrogens is 488 g/mol. The van der Waals surface area contributed by atoms with Gasteiger partial charge >= 0.3 is 0 Å². The molecule has 1 fully saturated rings. The molecule has 9 heteroatoms. The second-order valence-corrected chi connectivity index (χ2v) is 10.1. The van der Waals surface area contributed by atoms with Crippen LogP contribution >= 0.6 is 11.6 Å². The number of para-hydroxylation sites is 1. The molecule has 1 saturated heterocycles. The first-order valence-electron chi connectivity index (χ1n) is 12.7. The molecule has 6 nitrogen and oxygen atoms in total. The van der Waals surface area contributed by atoms with Gasteiger partial charge in [-0.1, -0.05) is 18.6 Å². The Kier molecular flexibility index (Phi) is 9.12. The lowest BCUT2D eigenvalue weighted by Gasteiger charge is -2.21. The van der Waals surface area contributed by atoms with Gasteiger partial charge in [0.05, 0.1) is 24.4 Å². The number of anilines is 1. The molecule has 1 aromatic heterocycles. The Morgan fingerprint density at radius 2 is 2.00 bits per heavy atom. The summed E-state index contributed by atoms with van der Waals surface area (Å²) in [4.78, 5) is 21.7. The average molecular weight is 522 g/mol. The molecule has 4 rings (SSSR count). The minimum Gasteiger partial charge on any atom is -0.496 e. The zero-order chi connectivity index (χ0) is 25.7. The van der Waals surface area contributed by atoms with Gasteiger partial charge in [0.15, 0.2) is 0 Å². The SMILES string of the molecule is COc1c(C(F)F)cccc1C(C)Nc1nc(Cl)nc2c1CC(CCC(=O)C1CCCCOCC1)C2. The number of alkyl halides is 2. The molecule has 0 radical (unpaired) electrons. The third kappa shape index (κ3) is 6.32. The number of ether oxygens (including phenoxy) is 2. The lowest BCUT2D eigenvalue weighted by molar-refractivity contribution is -0.124. The third-order valence-corrected chi connectivity index (χ3v) is 7.50. The molecule has 1 N–H and O–H groups in total. The second-order valence-electron chi connectivity index (χ2n) is 9.78. The molecule has 3 atom stereocenters. The van der Waals surface area contributed by atoms with Crippen molar-refractivity contribution in [2.75, 3.05) is 25.6 Å². The van der Waals surface area contributed by atoms with E-state index in [1.165, 1.54) is 13.2 Å². The van der Waals surface area contributed by atoms with E-state index >= 15 is 0 Å². The number of ketones is 1. The van der Waals surface area contributed by atoms with Gasteiger partial charge in [-0.2, -0.15) is 0 Å². The zero-order valence-electron chi connectivity index (χ0n) is 20.9. The summed E-state index contributed by atoms with van der Waals surface area (Å²) in [5.41, 5.74) is 2.33. The van der Waals surface area contributed by atoms with E-state index in [-0.39, 0.29) is 34.5 Å². The van der Waals surface area contributed by atoms with Crippen LogP contribution in [0.2, 0.25) is 5.28 Å². The van der Waals surface area contributed by atoms with Crippen molar-refractivity contribution in [1.29, 1.82) is 0 Å². The lowest BCUT2D eigenvalue weighted by Crippen LogP contribution is -2.20. The van der Waals surface area contributed by atoms with Gasteiger partial charge in [0.25, 0.3) is 6.43 Å². The van der Waals surface area contributed by atoms with E-state index < -0.39 is 6.43 Å². The van der Waals surface area contributed by atoms with E-state index in [0.717, 1.165) is 62.8 Å². The number of nitrogens with zero attached hydrogens (tertiary/aromatic N) is 2. The zero-order valence-corrected chi connectivity index (χ0v) is 21.6. The fourth-order valence-electron chi connectivity index (χ4n) is 5.39. The Balaban J connectivity index is 1.43. The number of benzene rings is 1. The number of halogens is 3. The Morgan fingerprint density at radius 3 is 2.78 bits per heavy atom. The van der Waals surface area contributed by atoms with E-state index in [9.17, 15) is 13.6 Å². The summed E-state index contributed by atoms with van der Waals surface area (Å²) in [6.07, 6.45) is 4.03. The molecule has 1 aliphatic heterocycles. The normalized spacial score (nSPS) is 20.9. The fraction of sp³-hybridized carbons (Fsp3) is 0.593. The predicted molar refractivity (Wildman–Crippen MR) is 135 cm³/mol. The summed E-state index contributed by atoms with van der Waals surface area (Å²) in [6, 6.07) is 4.38. The molecule has 0 amide bonds. The molecule has 196 valence electrons. The predicted octanol–water partition coefficient (Wildman–Crippen LogP) is 6.52. The number of aromatic nitrogens is 2. The van der Waals surface area contributed by atoms with Crippen molar-refractivity contribution in [2.24, 2.45) is 11.8 Å². The quantitative estimate of drug-likeness (QED) is 0.379. The van der Waals surface area contributed by atoms with Crippen molar-refractivity contribution in [3.8, 4) is 5.75 Å². The third-order valence-electron chi connectivity index (χ3n) is 7.33. The summed E-state index contributed by atoms with van der Waals surface area (Å²) in [6.45, 7) is 3.33. The molecule has 0 bridgehead atoms. The lowest BCUT2D eigenvalue weighted by atomic mass is 9.88. The molecule has 1 aliphatic carbocycles. The maximum absolute atomic E-state index is 13.5. The van der Waals surface area contributed by atoms with Crippen LogP contribution in [0.5, 0.6) is 5.75 Å². The molecule has 0 spiro atoms. The van der Waals surface area contributed by atoms with Crippen LogP contribution in [0.1, 0.15) is 80.3 Å². The molecule has 36 heavy (non-hydrogen) atoms. The van der Waals surface area contributed by atoms with Crippen LogP contribution < -0.4 is 10.1 Å². The standard InChI is InChI=1S/C27H34ClF2N3O3/c1-16(19-7-5-8-20(25(29)30)24(19)35-2)31-26-21-14-17(15-22(21)32-27(28)33-26)9-10-23(34)18-6-3-4-12-36-13-11-18/h5,7-8,16-18,25H,3-4,6,9-15H2,1-2H3,(H,31,32,33). The number of hydrogen-bond donors (Lipinski definition) is 1. The van der Waals surface area contributed by atoms with Crippen molar-refractivity contribution < 1.29 is 23.0 Å². The maximum Gasteiger partial charge on any atom is 0.267 e. The summed E-state index contributed by atoms with van der Waals surface area (Å²) in [7, 11) is 1.40. The fourth-order valence-corrected chi connectivity index (χ4v) is 5.57. The van der Waals surface area contributed by atoms with Crippen LogP contribution in [0.3, 0.4) is 0 Å². The number of carbonyl (C=O) groups excluding carboxylic acids is 1. The molecule has 2 aromatic rings. The van der Waals surface area contributed by atoms with Crippen LogP contribution in [0.25, 0.3) is 0 Å². The number of Topliss-reactive ketones (excluding diaryl/α,β-unsaturated/α-hetero) is 1. The number of rotatable bonds is 9. The van der Waals surface area contributed by atoms with E-state index in [1.54, 1.807) is 12.1 Å². The van der Waals surface area contributed by atoms with Crippen molar-refractivity contribution in [3.63, 3.8) is 0 Å². The number of fused-ring (bicyclic) bond motifs is 1. The van der Waals surface area contributed by atoms with Crippen molar-refractivity contribution in [1.82, 2.24) is 9.97 Å². The number of hydrogen-bond acceptors (Lipinski definition) is 6. The Labute approximate surface area is 216 Å². The minimum absolute atomic E-state index is 0.0976. The first-order valence-corrected chi connectivity index (χ1v) is 13.1. The topological polar surface area (TPSA) is 73.3 Å². The Bertz CT molecular complexity index is 1060. The second kappa shape index (κ2) is 12.3. The van der Waals surface area contributed by atoms with E-state index in [0.29, 0.717) is 30.2 Å². The van der Waals surface area contributed by atoms with Crippen LogP contribution in [0, 0.1) is 11.8 Å². The molecule has 2 aliphatic rings. The highest BCUT2D eigenvalue weighted by molar-refractivity contribution is 6.28. The molecule has 2 heterocycles. The molecular formula is C27H34ClF2N3O3. The summed E-state index contributed by atoms with van der Waals surface area (Å²) in [5, 5.41) is 3.49. The first-order chi connectivity index (χ1) is 17.4. The number of methoxy groups -OCH3 is 1. The van der Waals surface area contributed by atoms with Crippen molar-refractivity contribution in [2.45, 2.75) is 70.8 Å². The molecule has 3 unspecified atom stereocenters. The monoisotopic (exact) mass is 521 g/mol. The Morgan fingerprint density at radius 1 is 1.19 bits per heavy atom.